The van der Waals surface area contributed by atoms with E-state index in [0.29, 0.717) is 17.6 Å². The van der Waals surface area contributed by atoms with Crippen molar-refractivity contribution in [1.82, 2.24) is 16.0 Å². The average Bonchev–Trinajstić information content (AvgIpc) is 0.819. The van der Waals surface area contributed by atoms with Gasteiger partial charge in [0.1, 0.15) is 24.1 Å². The summed E-state index contributed by atoms with van der Waals surface area (Å²) in [6.07, 6.45) is 5.05. The van der Waals surface area contributed by atoms with Gasteiger partial charge in [-0.05, 0) is 108 Å². The molecular formula is C76H123N3O22. The molecular weight excluding hydrogens is 1310 g/mol. The number of ketones is 1. The third-order valence-electron chi connectivity index (χ3n) is 19.2. The van der Waals surface area contributed by atoms with Gasteiger partial charge in [0.25, 0.3) is 0 Å². The maximum Gasteiger partial charge on any atom is 0.335 e. The third-order valence-corrected chi connectivity index (χ3v) is 19.2. The van der Waals surface area contributed by atoms with E-state index in [1.807, 2.05) is 13.0 Å². The van der Waals surface area contributed by atoms with Crippen molar-refractivity contribution >= 4 is 35.4 Å². The van der Waals surface area contributed by atoms with Gasteiger partial charge in [-0.3, -0.25) is 19.2 Å². The third kappa shape index (κ3) is 30.4. The quantitative estimate of drug-likeness (QED) is 0.0322. The highest BCUT2D eigenvalue weighted by Gasteiger charge is 2.44. The van der Waals surface area contributed by atoms with Gasteiger partial charge in [0.15, 0.2) is 12.1 Å². The van der Waals surface area contributed by atoms with Crippen LogP contribution in [0.15, 0.2) is 108 Å². The number of aliphatic hydroxyl groups is 11. The number of esters is 1. The van der Waals surface area contributed by atoms with Gasteiger partial charge in [-0.2, -0.15) is 0 Å². The molecule has 2 aliphatic rings. The van der Waals surface area contributed by atoms with Gasteiger partial charge < -0.3 is 96.2 Å². The molecule has 0 aliphatic carbocycles. The summed E-state index contributed by atoms with van der Waals surface area (Å²) in [5.41, 5.74) is -0.272. The summed E-state index contributed by atoms with van der Waals surface area (Å²) in [5, 5.41) is 141. The number of hydrogen-bond acceptors (Lipinski definition) is 21. The Morgan fingerprint density at radius 3 is 1.92 bits per heavy atom. The zero-order valence-corrected chi connectivity index (χ0v) is 62.2. The normalized spacial score (nSPS) is 31.6. The minimum absolute atomic E-state index is 0.0173. The van der Waals surface area contributed by atoms with Crippen LogP contribution in [0.2, 0.25) is 0 Å². The fraction of sp³-hybridized carbons (Fsp3) is 0.684. The van der Waals surface area contributed by atoms with E-state index >= 15 is 0 Å². The van der Waals surface area contributed by atoms with E-state index in [4.69, 9.17) is 18.9 Å². The van der Waals surface area contributed by atoms with Gasteiger partial charge in [0.2, 0.25) is 17.7 Å². The molecule has 0 aromatic heterocycles. The molecule has 3 amide bonds. The van der Waals surface area contributed by atoms with Gasteiger partial charge in [-0.1, -0.05) is 154 Å². The first-order chi connectivity index (χ1) is 47.1. The van der Waals surface area contributed by atoms with Crippen LogP contribution in [-0.2, 0) is 47.7 Å². The van der Waals surface area contributed by atoms with Crippen molar-refractivity contribution in [1.29, 1.82) is 0 Å². The molecule has 15 N–H and O–H groups in total. The van der Waals surface area contributed by atoms with Crippen molar-refractivity contribution in [3.8, 4) is 0 Å². The number of methoxy groups -OCH3 is 2. The van der Waals surface area contributed by atoms with Crippen molar-refractivity contribution < 1.29 is 109 Å². The number of aliphatic carboxylic acids is 1. The number of rotatable bonds is 26. The van der Waals surface area contributed by atoms with Crippen LogP contribution in [0.5, 0.6) is 0 Å². The Morgan fingerprint density at radius 2 is 1.36 bits per heavy atom. The summed E-state index contributed by atoms with van der Waals surface area (Å²) >= 11 is 0. The lowest BCUT2D eigenvalue weighted by Crippen LogP contribution is -2.57. The largest absolute Gasteiger partial charge is 0.479 e. The average molecular weight is 1430 g/mol. The van der Waals surface area contributed by atoms with Crippen LogP contribution in [-0.4, -0.2) is 227 Å². The van der Waals surface area contributed by atoms with Crippen LogP contribution in [0.1, 0.15) is 149 Å². The van der Waals surface area contributed by atoms with Gasteiger partial charge in [0.05, 0.1) is 91.8 Å². The van der Waals surface area contributed by atoms with Crippen molar-refractivity contribution in [2.24, 2.45) is 52.8 Å². The molecule has 2 rings (SSSR count). The number of carbonyl (C=O) groups is 6. The van der Waals surface area contributed by atoms with Gasteiger partial charge in [0, 0.05) is 55.8 Å². The van der Waals surface area contributed by atoms with Crippen molar-refractivity contribution in [3.63, 3.8) is 0 Å². The number of carboxylic acid groups (broad SMARTS) is 1. The fourth-order valence-electron chi connectivity index (χ4n) is 12.5. The SMILES string of the molecule is COC1/C=C/C=C/C=C/C=C/C=C/C(=O)N[C@@H](C(O)C(=O)O)C(=O)OC(C(NC(=O)CC(O)CCC(C)C(O)/C(C)=C/C(C)[C@@H](O)[C@H](NC(=O)/C=C/C(C)(C)C(=O)[C@@H](C)[C@@H](O)C(C)C)C(O)C(C)C)C(C)O)CC(O)C/C=C/[C@@H](O)[C@@H](C)/C=C(\C)[C@H](O)[C@@H](C)[C@H](O)C[C@@H]2C[C@H](C)[C@H](OC)[C@@H]1O2. The number of carbonyl (C=O) groups excluding carboxylic acids is 5. The Labute approximate surface area is 597 Å². The molecule has 101 heavy (non-hydrogen) atoms. The van der Waals surface area contributed by atoms with E-state index in [1.165, 1.54) is 37.3 Å². The number of aliphatic hydroxyl groups excluding tert-OH is 11. The summed E-state index contributed by atoms with van der Waals surface area (Å²) in [6.45, 7) is 25.1. The molecule has 1 saturated heterocycles. The van der Waals surface area contributed by atoms with Crippen LogP contribution in [0.4, 0.5) is 0 Å². The Bertz CT molecular complexity index is 2860. The lowest BCUT2D eigenvalue weighted by Gasteiger charge is -2.43. The fourth-order valence-corrected chi connectivity index (χ4v) is 12.5. The van der Waals surface area contributed by atoms with Crippen LogP contribution >= 0.6 is 0 Å². The minimum atomic E-state index is -2.60. The number of fused-ring (bicyclic) bond motifs is 2. The Balaban J connectivity index is 2.45. The molecule has 0 spiro atoms. The standard InChI is InChI=1S/C76H123N3O22/c1-41(2)65(88)50(12)73(94)76(14,15)34-33-60(86)77-63(66(89)42(3)4)69(92)47(9)36-45(7)67(90)43(5)31-32-53(82)39-61(87)79-62(51(13)80)58-38-52(81)27-26-28-55(83)44(6)35-46(8)68(91)49(11)56(84)40-54-37-48(10)71(99-17)72(100-54)57(98-16)29-24-22-20-18-19-21-23-25-30-59(85)78-64(75(97)101-58)70(93)74(95)96/h18-26,28-30,33-36,41-44,47-58,62-72,80-84,88-93H,27,31-32,37-40H2,1-17H3,(H,77,86)(H,78,85)(H,79,87)(H,95,96)/b19-18+,22-20+,23-21+,28-26+,29-24+,30-25+,34-33+,45-36+,46-35+/t43?,44-,47?,48-,49-,50-,51?,52?,53?,54-,55+,56+,57?,58?,62?,63+,64-,65-,66?,67?,68-,69+,70?,71-,72+/m0/s1. The zero-order chi connectivity index (χ0) is 76.9. The number of allylic oxidation sites excluding steroid dienone is 9. The second kappa shape index (κ2) is 44.7. The molecule has 25 nitrogen and oxygen atoms in total. The first-order valence-corrected chi connectivity index (χ1v) is 35.3. The van der Waals surface area contributed by atoms with Gasteiger partial charge in [-0.25, -0.2) is 9.59 Å². The Kier molecular flexibility index (Phi) is 40.4. The van der Waals surface area contributed by atoms with E-state index in [1.54, 1.807) is 153 Å². The van der Waals surface area contributed by atoms with E-state index in [0.717, 1.165) is 12.2 Å². The molecule has 0 radical (unpaired) electrons. The first kappa shape index (κ1) is 91.2. The summed E-state index contributed by atoms with van der Waals surface area (Å²) in [5.74, 6) is -10.3. The highest BCUT2D eigenvalue weighted by molar-refractivity contribution is 5.94. The van der Waals surface area contributed by atoms with Crippen LogP contribution in [0.3, 0.4) is 0 Å². The summed E-state index contributed by atoms with van der Waals surface area (Å²) in [7, 11) is 3.15. The van der Waals surface area contributed by atoms with E-state index < -0.39 is 193 Å². The molecule has 1 fully saturated rings. The number of cyclic esters (lactones) is 1. The topological polar surface area (TPSA) is 418 Å². The van der Waals surface area contributed by atoms with Gasteiger partial charge >= 0.3 is 11.9 Å². The minimum Gasteiger partial charge on any atom is -0.479 e. The molecule has 2 bridgehead atoms. The molecule has 0 aromatic carbocycles. The lowest BCUT2D eigenvalue weighted by molar-refractivity contribution is -0.191. The highest BCUT2D eigenvalue weighted by atomic mass is 16.6. The smallest absolute Gasteiger partial charge is 0.335 e. The predicted molar refractivity (Wildman–Crippen MR) is 383 cm³/mol. The van der Waals surface area contributed by atoms with Crippen LogP contribution < -0.4 is 16.0 Å². The van der Waals surface area contributed by atoms with E-state index in [2.05, 4.69) is 16.0 Å². The number of carboxylic acids is 1. The maximum atomic E-state index is 14.1. The number of hydrogen-bond donors (Lipinski definition) is 15. The molecule has 25 atom stereocenters. The molecule has 0 aromatic rings. The molecule has 25 heteroatoms. The lowest BCUT2D eigenvalue weighted by atomic mass is 9.77. The number of amides is 3. The number of nitrogens with one attached hydrogen (secondary N) is 3. The Hall–Kier alpha value is -5.88. The van der Waals surface area contributed by atoms with Gasteiger partial charge in [-0.15, -0.1) is 0 Å². The molecule has 2 heterocycles. The first-order valence-electron chi connectivity index (χ1n) is 35.3. The molecule has 0 saturated carbocycles. The molecule has 574 valence electrons. The second-order valence-corrected chi connectivity index (χ2v) is 29.1. The molecule has 11 unspecified atom stereocenters. The van der Waals surface area contributed by atoms with Crippen molar-refractivity contribution in [3.05, 3.63) is 108 Å². The number of Topliss-reactive ketones (excluding diaryl/α,β-unsaturated/α-hetero) is 1. The Morgan fingerprint density at radius 1 is 0.762 bits per heavy atom. The van der Waals surface area contributed by atoms with Crippen LogP contribution in [0.25, 0.3) is 0 Å². The summed E-state index contributed by atoms with van der Waals surface area (Å²) in [6, 6.07) is -5.09. The number of ether oxygens (including phenoxy) is 4. The summed E-state index contributed by atoms with van der Waals surface area (Å²) in [4.78, 5) is 79.9. The van der Waals surface area contributed by atoms with Crippen molar-refractivity contribution in [2.45, 2.75) is 265 Å². The summed E-state index contributed by atoms with van der Waals surface area (Å²) < 4.78 is 24.0. The van der Waals surface area contributed by atoms with E-state index in [-0.39, 0.29) is 49.4 Å². The second-order valence-electron chi connectivity index (χ2n) is 29.1. The van der Waals surface area contributed by atoms with E-state index in [9.17, 15) is 90.0 Å². The maximum absolute atomic E-state index is 14.1. The highest BCUT2D eigenvalue weighted by Crippen LogP contribution is 2.35. The monoisotopic (exact) mass is 1430 g/mol. The zero-order valence-electron chi connectivity index (χ0n) is 62.2. The van der Waals surface area contributed by atoms with Crippen molar-refractivity contribution in [2.75, 3.05) is 14.2 Å². The van der Waals surface area contributed by atoms with Crippen LogP contribution in [0, 0.1) is 52.8 Å². The molecule has 2 aliphatic heterocycles. The predicted octanol–water partition coefficient (Wildman–Crippen LogP) is 4.48.